The Morgan fingerprint density at radius 2 is 1.50 bits per heavy atom. The first-order valence-corrected chi connectivity index (χ1v) is 20.6. The number of unbranched alkanes of at least 4 members (excludes halogenated alkanes) is 9. The highest BCUT2D eigenvalue weighted by Crippen LogP contribution is 2.41. The zero-order valence-corrected chi connectivity index (χ0v) is 32.6. The zero-order chi connectivity index (χ0) is 36.3. The molecule has 0 aromatic heterocycles. The first-order valence-electron chi connectivity index (χ1n) is 16.6. The summed E-state index contributed by atoms with van der Waals surface area (Å²) in [6.07, 6.45) is 11.0. The molecule has 4 rings (SSSR count). The van der Waals surface area contributed by atoms with Crippen molar-refractivity contribution >= 4 is 109 Å². The molecule has 270 valence electrons. The molecule has 50 heavy (non-hydrogen) atoms. The molecular weight excluding hydrogens is 760 g/mol. The SMILES string of the molecule is CCCCCCCCCCCCS(=O)(=O)Nc1ccc(Cl)c(N=C2NN(c3c(Cl)cc(Cl)cc3Cl)C(=O)C2Sc2ccccc2NC(C)=O)c1. The lowest BCUT2D eigenvalue weighted by Crippen LogP contribution is -2.36. The van der Waals surface area contributed by atoms with Crippen LogP contribution >= 0.6 is 58.2 Å². The molecule has 3 aromatic carbocycles. The summed E-state index contributed by atoms with van der Waals surface area (Å²) < 4.78 is 28.6. The fourth-order valence-corrected chi connectivity index (χ4v) is 8.76. The Morgan fingerprint density at radius 3 is 2.14 bits per heavy atom. The standard InChI is InChI=1S/C35H41Cl4N5O4S2/c1-3-4-5-6-7-8-9-10-11-14-19-50(47,48)43-25-17-18-26(37)30(22-25)41-34-33(49-31-16-13-12-15-29(31)40-23(2)45)35(46)44(42-34)32-27(38)20-24(36)21-28(32)39/h12-13,15-18,20-22,33,43H,3-11,14,19H2,1-2H3,(H,40,45)(H,41,42). The quantitative estimate of drug-likeness (QED) is 0.110. The van der Waals surface area contributed by atoms with Gasteiger partial charge in [0.05, 0.1) is 37.9 Å². The van der Waals surface area contributed by atoms with Crippen LogP contribution in [-0.2, 0) is 19.6 Å². The summed E-state index contributed by atoms with van der Waals surface area (Å²) in [4.78, 5) is 31.2. The number of amides is 2. The molecule has 0 saturated carbocycles. The number of benzene rings is 3. The number of hydrogen-bond donors (Lipinski definition) is 3. The summed E-state index contributed by atoms with van der Waals surface area (Å²) in [5, 5.41) is 3.77. The number of aliphatic imine (C=N–C) groups is 1. The van der Waals surface area contributed by atoms with Crippen LogP contribution in [0.15, 0.2) is 64.5 Å². The number of para-hydroxylation sites is 1. The minimum absolute atomic E-state index is 0.00394. The lowest BCUT2D eigenvalue weighted by molar-refractivity contribution is -0.116. The molecule has 1 atom stereocenters. The van der Waals surface area contributed by atoms with E-state index in [4.69, 9.17) is 51.4 Å². The van der Waals surface area contributed by atoms with Crippen LogP contribution in [0.2, 0.25) is 20.1 Å². The average Bonchev–Trinajstić information content (AvgIpc) is 3.33. The molecule has 0 aliphatic carbocycles. The van der Waals surface area contributed by atoms with Gasteiger partial charge in [0.15, 0.2) is 0 Å². The van der Waals surface area contributed by atoms with E-state index in [1.165, 1.54) is 74.7 Å². The second-order valence-electron chi connectivity index (χ2n) is 11.9. The van der Waals surface area contributed by atoms with E-state index in [0.717, 1.165) is 31.0 Å². The van der Waals surface area contributed by atoms with Crippen molar-refractivity contribution in [2.24, 2.45) is 4.99 Å². The third kappa shape index (κ3) is 11.7. The van der Waals surface area contributed by atoms with Gasteiger partial charge in [-0.2, -0.15) is 0 Å². The van der Waals surface area contributed by atoms with Gasteiger partial charge < -0.3 is 5.32 Å². The van der Waals surface area contributed by atoms with Crippen LogP contribution in [0.4, 0.5) is 22.7 Å². The average molecular weight is 802 g/mol. The molecule has 0 bridgehead atoms. The van der Waals surface area contributed by atoms with Gasteiger partial charge in [-0.05, 0) is 48.9 Å². The Kier molecular flexibility index (Phi) is 15.4. The van der Waals surface area contributed by atoms with Crippen molar-refractivity contribution in [3.8, 4) is 0 Å². The van der Waals surface area contributed by atoms with E-state index in [-0.39, 0.29) is 49.6 Å². The van der Waals surface area contributed by atoms with Gasteiger partial charge in [-0.3, -0.25) is 19.7 Å². The van der Waals surface area contributed by atoms with E-state index in [1.807, 2.05) is 0 Å². The molecule has 1 saturated heterocycles. The molecule has 15 heteroatoms. The van der Waals surface area contributed by atoms with E-state index in [0.29, 0.717) is 22.0 Å². The van der Waals surface area contributed by atoms with Gasteiger partial charge in [-0.1, -0.05) is 123 Å². The van der Waals surface area contributed by atoms with Crippen molar-refractivity contribution in [2.45, 2.75) is 88.2 Å². The molecule has 3 N–H and O–H groups in total. The molecule has 3 aromatic rings. The van der Waals surface area contributed by atoms with Gasteiger partial charge in [0, 0.05) is 16.8 Å². The van der Waals surface area contributed by atoms with Crippen LogP contribution in [0.1, 0.15) is 78.1 Å². The van der Waals surface area contributed by atoms with Crippen LogP contribution in [0.25, 0.3) is 0 Å². The number of carbonyl (C=O) groups is 2. The molecular formula is C35H41Cl4N5O4S2. The molecule has 2 amide bonds. The monoisotopic (exact) mass is 799 g/mol. The predicted octanol–water partition coefficient (Wildman–Crippen LogP) is 10.7. The van der Waals surface area contributed by atoms with Crippen LogP contribution in [-0.4, -0.2) is 37.1 Å². The van der Waals surface area contributed by atoms with E-state index < -0.39 is 21.2 Å². The van der Waals surface area contributed by atoms with Crippen LogP contribution < -0.4 is 20.5 Å². The maximum Gasteiger partial charge on any atom is 0.267 e. The van der Waals surface area contributed by atoms with E-state index in [2.05, 4.69) is 22.4 Å². The normalized spacial score (nSPS) is 15.4. The number of thioether (sulfide) groups is 1. The molecule has 1 aliphatic heterocycles. The van der Waals surface area contributed by atoms with Crippen molar-refractivity contribution in [3.05, 3.63) is 74.7 Å². The third-order valence-electron chi connectivity index (χ3n) is 7.79. The highest BCUT2D eigenvalue weighted by atomic mass is 35.5. The summed E-state index contributed by atoms with van der Waals surface area (Å²) in [5.74, 6) is -0.562. The molecule has 0 radical (unpaired) electrons. The molecule has 1 aliphatic rings. The molecule has 1 fully saturated rings. The molecule has 9 nitrogen and oxygen atoms in total. The number of hydrogen-bond acceptors (Lipinski definition) is 6. The van der Waals surface area contributed by atoms with Gasteiger partial charge in [0.1, 0.15) is 16.8 Å². The van der Waals surface area contributed by atoms with Gasteiger partial charge in [0.25, 0.3) is 5.91 Å². The van der Waals surface area contributed by atoms with Crippen molar-refractivity contribution < 1.29 is 18.0 Å². The number of rotatable bonds is 18. The van der Waals surface area contributed by atoms with E-state index in [9.17, 15) is 18.0 Å². The summed E-state index contributed by atoms with van der Waals surface area (Å²) in [7, 11) is -3.63. The van der Waals surface area contributed by atoms with E-state index in [1.54, 1.807) is 30.3 Å². The maximum atomic E-state index is 14.0. The first kappa shape index (κ1) is 40.1. The van der Waals surface area contributed by atoms with Crippen molar-refractivity contribution in [1.82, 2.24) is 5.43 Å². The van der Waals surface area contributed by atoms with E-state index >= 15 is 0 Å². The summed E-state index contributed by atoms with van der Waals surface area (Å²) >= 11 is 26.8. The fourth-order valence-electron chi connectivity index (χ4n) is 5.36. The molecule has 0 spiro atoms. The van der Waals surface area contributed by atoms with Gasteiger partial charge in [-0.15, -0.1) is 11.8 Å². The number of carbonyl (C=O) groups excluding carboxylic acids is 2. The zero-order valence-electron chi connectivity index (χ0n) is 27.9. The third-order valence-corrected chi connectivity index (χ3v) is 11.6. The van der Waals surface area contributed by atoms with Crippen molar-refractivity contribution in [1.29, 1.82) is 0 Å². The minimum Gasteiger partial charge on any atom is -0.325 e. The summed E-state index contributed by atoms with van der Waals surface area (Å²) in [6, 6.07) is 14.6. The van der Waals surface area contributed by atoms with Crippen LogP contribution in [0, 0.1) is 0 Å². The number of halogens is 4. The first-order chi connectivity index (χ1) is 23.9. The Hall–Kier alpha value is -2.67. The molecule has 1 unspecified atom stereocenters. The highest BCUT2D eigenvalue weighted by molar-refractivity contribution is 8.01. The number of anilines is 3. The topological polar surface area (TPSA) is 120 Å². The Balaban J connectivity index is 1.53. The van der Waals surface area contributed by atoms with Crippen LogP contribution in [0.3, 0.4) is 0 Å². The Morgan fingerprint density at radius 1 is 0.880 bits per heavy atom. The number of hydrazine groups is 1. The highest BCUT2D eigenvalue weighted by Gasteiger charge is 2.41. The number of amidine groups is 1. The summed E-state index contributed by atoms with van der Waals surface area (Å²) in [6.45, 7) is 3.60. The largest absolute Gasteiger partial charge is 0.325 e. The summed E-state index contributed by atoms with van der Waals surface area (Å²) in [5.41, 5.74) is 4.20. The van der Waals surface area contributed by atoms with Gasteiger partial charge >= 0.3 is 0 Å². The lowest BCUT2D eigenvalue weighted by Gasteiger charge is -2.19. The number of sulfonamides is 1. The van der Waals surface area contributed by atoms with Gasteiger partial charge in [-0.25, -0.2) is 18.4 Å². The number of nitrogens with zero attached hydrogens (tertiary/aromatic N) is 2. The second-order valence-corrected chi connectivity index (χ2v) is 16.6. The Labute approximate surface area is 318 Å². The fraction of sp³-hybridized carbons (Fsp3) is 0.400. The van der Waals surface area contributed by atoms with Gasteiger partial charge in [0.2, 0.25) is 15.9 Å². The Bertz CT molecular complexity index is 1790. The van der Waals surface area contributed by atoms with Crippen LogP contribution in [0.5, 0.6) is 0 Å². The molecule has 1 heterocycles. The number of nitrogens with one attached hydrogen (secondary N) is 3. The second kappa shape index (κ2) is 19.2. The minimum atomic E-state index is -3.63. The van der Waals surface area contributed by atoms with Crippen molar-refractivity contribution in [3.63, 3.8) is 0 Å². The predicted molar refractivity (Wildman–Crippen MR) is 210 cm³/mol. The lowest BCUT2D eigenvalue weighted by atomic mass is 10.1. The smallest absolute Gasteiger partial charge is 0.267 e. The van der Waals surface area contributed by atoms with Crippen molar-refractivity contribution in [2.75, 3.05) is 20.8 Å². The maximum absolute atomic E-state index is 14.0.